The summed E-state index contributed by atoms with van der Waals surface area (Å²) < 4.78 is 7.61. The van der Waals surface area contributed by atoms with Gasteiger partial charge in [-0.3, -0.25) is 9.69 Å². The summed E-state index contributed by atoms with van der Waals surface area (Å²) in [6.45, 7) is 5.03. The molecule has 1 atom stereocenters. The van der Waals surface area contributed by atoms with Gasteiger partial charge in [-0.15, -0.1) is 21.5 Å². The van der Waals surface area contributed by atoms with Crippen molar-refractivity contribution in [3.63, 3.8) is 0 Å². The van der Waals surface area contributed by atoms with Gasteiger partial charge in [0, 0.05) is 25.0 Å². The normalized spacial score (nSPS) is 19.0. The maximum Gasteiger partial charge on any atom is 0.234 e. The summed E-state index contributed by atoms with van der Waals surface area (Å²) in [5, 5.41) is 13.0. The standard InChI is InChI=1S/C15H21N5O2S/c1-11-3-6-23-13(11)7-16-14(21)9-20-4-5-22-12(8-20)15-18-17-10-19(15)2/h3,6,10,12H,4-5,7-9H2,1-2H3,(H,16,21)/t12-/m0/s1. The van der Waals surface area contributed by atoms with Crippen molar-refractivity contribution >= 4 is 17.2 Å². The molecule has 3 rings (SSSR count). The Hall–Kier alpha value is -1.77. The van der Waals surface area contributed by atoms with Crippen LogP contribution in [0.25, 0.3) is 0 Å². The molecule has 1 amide bonds. The number of carbonyl (C=O) groups is 1. The summed E-state index contributed by atoms with van der Waals surface area (Å²) in [7, 11) is 1.90. The van der Waals surface area contributed by atoms with Crippen LogP contribution in [0.5, 0.6) is 0 Å². The minimum absolute atomic E-state index is 0.0383. The average molecular weight is 335 g/mol. The van der Waals surface area contributed by atoms with Crippen LogP contribution < -0.4 is 5.32 Å². The number of hydrogen-bond acceptors (Lipinski definition) is 6. The molecule has 0 radical (unpaired) electrons. The number of hydrogen-bond donors (Lipinski definition) is 1. The van der Waals surface area contributed by atoms with Crippen molar-refractivity contribution in [2.45, 2.75) is 19.6 Å². The number of aryl methyl sites for hydroxylation is 2. The number of amides is 1. The van der Waals surface area contributed by atoms with Crippen molar-refractivity contribution in [1.82, 2.24) is 25.0 Å². The lowest BCUT2D eigenvalue weighted by molar-refractivity contribution is -0.124. The second-order valence-electron chi connectivity index (χ2n) is 5.70. The van der Waals surface area contributed by atoms with Gasteiger partial charge < -0.3 is 14.6 Å². The molecule has 0 bridgehead atoms. The third kappa shape index (κ3) is 3.95. The van der Waals surface area contributed by atoms with Crippen LogP contribution in [0.3, 0.4) is 0 Å². The zero-order valence-electron chi connectivity index (χ0n) is 13.4. The number of carbonyl (C=O) groups excluding carboxylic acids is 1. The minimum atomic E-state index is -0.136. The number of morpholine rings is 1. The highest BCUT2D eigenvalue weighted by Gasteiger charge is 2.26. The summed E-state index contributed by atoms with van der Waals surface area (Å²) in [6.07, 6.45) is 1.52. The van der Waals surface area contributed by atoms with Gasteiger partial charge in [-0.05, 0) is 23.9 Å². The van der Waals surface area contributed by atoms with Crippen LogP contribution in [0.4, 0.5) is 0 Å². The molecule has 1 N–H and O–H groups in total. The smallest absolute Gasteiger partial charge is 0.234 e. The summed E-state index contributed by atoms with van der Waals surface area (Å²) in [6, 6.07) is 2.07. The fourth-order valence-corrected chi connectivity index (χ4v) is 3.45. The average Bonchev–Trinajstić information content (AvgIpc) is 3.14. The Labute approximate surface area is 139 Å². The number of aromatic nitrogens is 3. The Bertz CT molecular complexity index is 668. The SMILES string of the molecule is Cc1ccsc1CNC(=O)CN1CCO[C@H](c2nncn2C)C1. The molecule has 124 valence electrons. The van der Waals surface area contributed by atoms with Crippen molar-refractivity contribution in [2.24, 2.45) is 7.05 Å². The predicted molar refractivity (Wildman–Crippen MR) is 87.0 cm³/mol. The summed E-state index contributed by atoms with van der Waals surface area (Å²) in [5.41, 5.74) is 1.23. The molecule has 0 spiro atoms. The monoisotopic (exact) mass is 335 g/mol. The lowest BCUT2D eigenvalue weighted by Gasteiger charge is -2.31. The Morgan fingerprint density at radius 3 is 3.13 bits per heavy atom. The fraction of sp³-hybridized carbons (Fsp3) is 0.533. The van der Waals surface area contributed by atoms with Crippen LogP contribution in [0.15, 0.2) is 17.8 Å². The van der Waals surface area contributed by atoms with Gasteiger partial charge in [0.05, 0.1) is 19.7 Å². The van der Waals surface area contributed by atoms with E-state index in [1.54, 1.807) is 17.7 Å². The maximum absolute atomic E-state index is 12.2. The highest BCUT2D eigenvalue weighted by Crippen LogP contribution is 2.19. The molecule has 23 heavy (non-hydrogen) atoms. The quantitative estimate of drug-likeness (QED) is 0.878. The second-order valence-corrected chi connectivity index (χ2v) is 6.70. The van der Waals surface area contributed by atoms with E-state index in [0.29, 0.717) is 26.2 Å². The van der Waals surface area contributed by atoms with Gasteiger partial charge in [0.15, 0.2) is 5.82 Å². The zero-order chi connectivity index (χ0) is 16.2. The van der Waals surface area contributed by atoms with Crippen molar-refractivity contribution in [2.75, 3.05) is 26.2 Å². The minimum Gasteiger partial charge on any atom is -0.368 e. The number of nitrogens with zero attached hydrogens (tertiary/aromatic N) is 4. The summed E-state index contributed by atoms with van der Waals surface area (Å²) in [5.74, 6) is 0.834. The molecule has 1 aliphatic rings. The van der Waals surface area contributed by atoms with Gasteiger partial charge in [-0.1, -0.05) is 0 Å². The molecule has 0 unspecified atom stereocenters. The Morgan fingerprint density at radius 2 is 2.43 bits per heavy atom. The van der Waals surface area contributed by atoms with Crippen LogP contribution in [-0.2, 0) is 23.1 Å². The fourth-order valence-electron chi connectivity index (χ4n) is 2.61. The zero-order valence-corrected chi connectivity index (χ0v) is 14.2. The molecular formula is C15H21N5O2S. The Kier molecular flexibility index (Phi) is 5.04. The predicted octanol–water partition coefficient (Wildman–Crippen LogP) is 0.875. The maximum atomic E-state index is 12.2. The lowest BCUT2D eigenvalue weighted by atomic mass is 10.2. The lowest BCUT2D eigenvalue weighted by Crippen LogP contribution is -2.44. The van der Waals surface area contributed by atoms with Crippen LogP contribution in [0, 0.1) is 6.92 Å². The van der Waals surface area contributed by atoms with Gasteiger partial charge in [0.1, 0.15) is 12.4 Å². The number of rotatable bonds is 5. The highest BCUT2D eigenvalue weighted by atomic mass is 32.1. The largest absolute Gasteiger partial charge is 0.368 e. The van der Waals surface area contributed by atoms with Gasteiger partial charge >= 0.3 is 0 Å². The number of thiophene rings is 1. The Balaban J connectivity index is 1.50. The van der Waals surface area contributed by atoms with Crippen LogP contribution in [0.1, 0.15) is 22.4 Å². The molecule has 0 aliphatic carbocycles. The van der Waals surface area contributed by atoms with Crippen LogP contribution in [0.2, 0.25) is 0 Å². The van der Waals surface area contributed by atoms with E-state index in [2.05, 4.69) is 33.4 Å². The topological polar surface area (TPSA) is 72.3 Å². The van der Waals surface area contributed by atoms with E-state index in [1.807, 2.05) is 17.0 Å². The first-order valence-corrected chi connectivity index (χ1v) is 8.49. The van der Waals surface area contributed by atoms with Crippen LogP contribution >= 0.6 is 11.3 Å². The van der Waals surface area contributed by atoms with Crippen molar-refractivity contribution < 1.29 is 9.53 Å². The molecule has 0 aromatic carbocycles. The van der Waals surface area contributed by atoms with E-state index >= 15 is 0 Å². The van der Waals surface area contributed by atoms with Crippen LogP contribution in [-0.4, -0.2) is 51.8 Å². The van der Waals surface area contributed by atoms with Gasteiger partial charge in [0.2, 0.25) is 5.91 Å². The van der Waals surface area contributed by atoms with E-state index in [1.165, 1.54) is 10.4 Å². The van der Waals surface area contributed by atoms with Gasteiger partial charge in [0.25, 0.3) is 0 Å². The van der Waals surface area contributed by atoms with E-state index in [4.69, 9.17) is 4.74 Å². The van der Waals surface area contributed by atoms with Gasteiger partial charge in [-0.2, -0.15) is 0 Å². The molecular weight excluding hydrogens is 314 g/mol. The molecule has 1 fully saturated rings. The molecule has 7 nitrogen and oxygen atoms in total. The Morgan fingerprint density at radius 1 is 1.57 bits per heavy atom. The first-order chi connectivity index (χ1) is 11.1. The molecule has 3 heterocycles. The summed E-state index contributed by atoms with van der Waals surface area (Å²) in [4.78, 5) is 15.5. The highest BCUT2D eigenvalue weighted by molar-refractivity contribution is 7.10. The molecule has 2 aromatic rings. The molecule has 2 aromatic heterocycles. The van der Waals surface area contributed by atoms with E-state index in [-0.39, 0.29) is 12.0 Å². The first kappa shape index (κ1) is 16.1. The molecule has 1 saturated heterocycles. The molecule has 1 aliphatic heterocycles. The third-order valence-corrected chi connectivity index (χ3v) is 4.99. The summed E-state index contributed by atoms with van der Waals surface area (Å²) >= 11 is 1.67. The van der Waals surface area contributed by atoms with Crippen molar-refractivity contribution in [3.8, 4) is 0 Å². The van der Waals surface area contributed by atoms with E-state index in [0.717, 1.165) is 12.4 Å². The second kappa shape index (κ2) is 7.20. The van der Waals surface area contributed by atoms with E-state index in [9.17, 15) is 4.79 Å². The molecule has 8 heteroatoms. The molecule has 0 saturated carbocycles. The van der Waals surface area contributed by atoms with Gasteiger partial charge in [-0.25, -0.2) is 0 Å². The van der Waals surface area contributed by atoms with Crippen molar-refractivity contribution in [1.29, 1.82) is 0 Å². The third-order valence-electron chi connectivity index (χ3n) is 3.97. The van der Waals surface area contributed by atoms with E-state index < -0.39 is 0 Å². The number of ether oxygens (including phenoxy) is 1. The number of nitrogens with one attached hydrogen (secondary N) is 1. The van der Waals surface area contributed by atoms with Crippen molar-refractivity contribution in [3.05, 3.63) is 34.0 Å². The first-order valence-electron chi connectivity index (χ1n) is 7.61.